The Morgan fingerprint density at radius 3 is 1.75 bits per heavy atom. The summed E-state index contributed by atoms with van der Waals surface area (Å²) in [7, 11) is -7.00. The molecule has 0 bridgehead atoms. The number of benzene rings is 2. The lowest BCUT2D eigenvalue weighted by atomic mass is 10.2. The van der Waals surface area contributed by atoms with E-state index in [2.05, 4.69) is 10.0 Å². The van der Waals surface area contributed by atoms with Crippen LogP contribution in [0.15, 0.2) is 58.3 Å². The van der Waals surface area contributed by atoms with Crippen molar-refractivity contribution < 1.29 is 21.6 Å². The van der Waals surface area contributed by atoms with Gasteiger partial charge in [-0.25, -0.2) is 21.6 Å². The molecule has 1 amide bonds. The van der Waals surface area contributed by atoms with E-state index in [-0.39, 0.29) is 15.8 Å². The van der Waals surface area contributed by atoms with Crippen molar-refractivity contribution in [2.45, 2.75) is 48.8 Å². The predicted molar refractivity (Wildman–Crippen MR) is 109 cm³/mol. The van der Waals surface area contributed by atoms with Gasteiger partial charge in [-0.05, 0) is 76.2 Å². The van der Waals surface area contributed by atoms with Crippen LogP contribution in [0.25, 0.3) is 0 Å². The van der Waals surface area contributed by atoms with E-state index >= 15 is 0 Å². The standard InChI is InChI=1S/C19H24N2O5S2/c1-13(2)21-28(25,26)18-11-7-16(8-12-18)20-19(22)15-5-9-17(10-6-15)27(23,24)14(3)4/h5-14,21H,1-4H3,(H,20,22). The van der Waals surface area contributed by atoms with E-state index in [4.69, 9.17) is 0 Å². The van der Waals surface area contributed by atoms with Gasteiger partial charge >= 0.3 is 0 Å². The molecule has 0 fully saturated rings. The zero-order chi connectivity index (χ0) is 21.1. The number of hydrogen-bond acceptors (Lipinski definition) is 5. The number of nitrogens with one attached hydrogen (secondary N) is 2. The second kappa shape index (κ2) is 8.42. The summed E-state index contributed by atoms with van der Waals surface area (Å²) in [6, 6.07) is 11.2. The third kappa shape index (κ3) is 5.18. The summed E-state index contributed by atoms with van der Waals surface area (Å²) in [5.41, 5.74) is 0.716. The van der Waals surface area contributed by atoms with Crippen LogP contribution in [0, 0.1) is 0 Å². The first-order valence-corrected chi connectivity index (χ1v) is 11.7. The molecule has 0 aromatic heterocycles. The number of anilines is 1. The molecule has 2 N–H and O–H groups in total. The average molecular weight is 425 g/mol. The maximum absolute atomic E-state index is 12.3. The van der Waals surface area contributed by atoms with Crippen molar-refractivity contribution in [1.29, 1.82) is 0 Å². The summed E-state index contributed by atoms with van der Waals surface area (Å²) >= 11 is 0. The monoisotopic (exact) mass is 424 g/mol. The molecule has 0 saturated heterocycles. The summed E-state index contributed by atoms with van der Waals surface area (Å²) in [5.74, 6) is -0.426. The third-order valence-corrected chi connectivity index (χ3v) is 7.72. The quantitative estimate of drug-likeness (QED) is 0.710. The Balaban J connectivity index is 2.13. The second-order valence-electron chi connectivity index (χ2n) is 6.87. The summed E-state index contributed by atoms with van der Waals surface area (Å²) in [4.78, 5) is 12.6. The molecule has 0 aliphatic carbocycles. The van der Waals surface area contributed by atoms with Gasteiger partial charge in [0.25, 0.3) is 5.91 Å². The van der Waals surface area contributed by atoms with E-state index in [9.17, 15) is 21.6 Å². The van der Waals surface area contributed by atoms with Crippen molar-refractivity contribution >= 4 is 31.5 Å². The Hall–Kier alpha value is -2.23. The summed E-state index contributed by atoms with van der Waals surface area (Å²) in [5, 5.41) is 2.11. The van der Waals surface area contributed by atoms with Gasteiger partial charge in [0, 0.05) is 17.3 Å². The SMILES string of the molecule is CC(C)NS(=O)(=O)c1ccc(NC(=O)c2ccc(S(=O)(=O)C(C)C)cc2)cc1. The average Bonchev–Trinajstić information content (AvgIpc) is 2.61. The van der Waals surface area contributed by atoms with Crippen molar-refractivity contribution in [2.75, 3.05) is 5.32 Å². The van der Waals surface area contributed by atoms with Gasteiger partial charge in [0.1, 0.15) is 0 Å². The van der Waals surface area contributed by atoms with Crippen LogP contribution in [0.2, 0.25) is 0 Å². The molecular weight excluding hydrogens is 400 g/mol. The highest BCUT2D eigenvalue weighted by atomic mass is 32.2. The first-order valence-electron chi connectivity index (χ1n) is 8.71. The topological polar surface area (TPSA) is 109 Å². The van der Waals surface area contributed by atoms with Gasteiger partial charge in [-0.1, -0.05) is 0 Å². The van der Waals surface area contributed by atoms with Crippen LogP contribution in [0.3, 0.4) is 0 Å². The largest absolute Gasteiger partial charge is 0.322 e. The van der Waals surface area contributed by atoms with Crippen LogP contribution >= 0.6 is 0 Å². The zero-order valence-corrected chi connectivity index (χ0v) is 17.8. The van der Waals surface area contributed by atoms with E-state index in [0.29, 0.717) is 11.3 Å². The van der Waals surface area contributed by atoms with Gasteiger partial charge in [-0.2, -0.15) is 0 Å². The zero-order valence-electron chi connectivity index (χ0n) is 16.1. The smallest absolute Gasteiger partial charge is 0.255 e. The van der Waals surface area contributed by atoms with Crippen LogP contribution in [-0.4, -0.2) is 34.0 Å². The molecule has 0 radical (unpaired) electrons. The van der Waals surface area contributed by atoms with Gasteiger partial charge in [0.05, 0.1) is 15.0 Å². The van der Waals surface area contributed by atoms with Crippen molar-refractivity contribution in [3.8, 4) is 0 Å². The van der Waals surface area contributed by atoms with E-state index in [0.717, 1.165) is 0 Å². The number of sulfone groups is 1. The summed E-state index contributed by atoms with van der Waals surface area (Å²) in [6.45, 7) is 6.64. The predicted octanol–water partition coefficient (Wildman–Crippen LogP) is 2.81. The van der Waals surface area contributed by atoms with Crippen molar-refractivity contribution in [2.24, 2.45) is 0 Å². The van der Waals surface area contributed by atoms with Crippen LogP contribution < -0.4 is 10.0 Å². The van der Waals surface area contributed by atoms with Crippen molar-refractivity contribution in [1.82, 2.24) is 4.72 Å². The normalized spacial score (nSPS) is 12.4. The molecule has 28 heavy (non-hydrogen) atoms. The van der Waals surface area contributed by atoms with Crippen LogP contribution in [0.1, 0.15) is 38.1 Å². The Morgan fingerprint density at radius 2 is 1.29 bits per heavy atom. The van der Waals surface area contributed by atoms with E-state index < -0.39 is 31.0 Å². The number of sulfonamides is 1. The van der Waals surface area contributed by atoms with E-state index in [1.54, 1.807) is 27.7 Å². The minimum absolute atomic E-state index is 0.0995. The lowest BCUT2D eigenvalue weighted by molar-refractivity contribution is 0.102. The molecule has 2 aromatic carbocycles. The molecule has 152 valence electrons. The lowest BCUT2D eigenvalue weighted by Crippen LogP contribution is -2.30. The highest BCUT2D eigenvalue weighted by Gasteiger charge is 2.19. The van der Waals surface area contributed by atoms with Crippen molar-refractivity contribution in [3.05, 3.63) is 54.1 Å². The highest BCUT2D eigenvalue weighted by Crippen LogP contribution is 2.18. The molecule has 0 unspecified atom stereocenters. The van der Waals surface area contributed by atoms with Crippen molar-refractivity contribution in [3.63, 3.8) is 0 Å². The van der Waals surface area contributed by atoms with Crippen LogP contribution in [-0.2, 0) is 19.9 Å². The molecular formula is C19H24N2O5S2. The number of carbonyl (C=O) groups excluding carboxylic acids is 1. The van der Waals surface area contributed by atoms with Gasteiger partial charge in [0.15, 0.2) is 9.84 Å². The third-order valence-electron chi connectivity index (χ3n) is 3.88. The molecule has 9 heteroatoms. The van der Waals surface area contributed by atoms with E-state index in [1.165, 1.54) is 48.5 Å². The number of hydrogen-bond donors (Lipinski definition) is 2. The Bertz CT molecular complexity index is 1040. The minimum atomic E-state index is -3.60. The maximum Gasteiger partial charge on any atom is 0.255 e. The van der Waals surface area contributed by atoms with Gasteiger partial charge < -0.3 is 5.32 Å². The van der Waals surface area contributed by atoms with E-state index in [1.807, 2.05) is 0 Å². The van der Waals surface area contributed by atoms with Gasteiger partial charge in [0.2, 0.25) is 10.0 Å². The Labute approximate surface area is 166 Å². The minimum Gasteiger partial charge on any atom is -0.322 e. The Kier molecular flexibility index (Phi) is 6.63. The molecule has 0 heterocycles. The summed E-state index contributed by atoms with van der Waals surface area (Å²) < 4.78 is 51.0. The first kappa shape index (κ1) is 22.1. The fraction of sp³-hybridized carbons (Fsp3) is 0.316. The molecule has 0 atom stereocenters. The molecule has 2 rings (SSSR count). The molecule has 0 aliphatic rings. The van der Waals surface area contributed by atoms with Gasteiger partial charge in [-0.3, -0.25) is 4.79 Å². The van der Waals surface area contributed by atoms with Crippen LogP contribution in [0.4, 0.5) is 5.69 Å². The first-order chi connectivity index (χ1) is 12.9. The molecule has 2 aromatic rings. The molecule has 0 spiro atoms. The molecule has 0 aliphatic heterocycles. The van der Waals surface area contributed by atoms with Crippen LogP contribution in [0.5, 0.6) is 0 Å². The molecule has 0 saturated carbocycles. The second-order valence-corrected chi connectivity index (χ2v) is 11.1. The number of rotatable bonds is 7. The Morgan fingerprint density at radius 1 is 0.786 bits per heavy atom. The maximum atomic E-state index is 12.3. The lowest BCUT2D eigenvalue weighted by Gasteiger charge is -2.11. The highest BCUT2D eigenvalue weighted by molar-refractivity contribution is 7.92. The fourth-order valence-corrected chi connectivity index (χ4v) is 4.68. The fourth-order valence-electron chi connectivity index (χ4n) is 2.37. The summed E-state index contributed by atoms with van der Waals surface area (Å²) in [6.07, 6.45) is 0. The number of amides is 1. The van der Waals surface area contributed by atoms with Gasteiger partial charge in [-0.15, -0.1) is 0 Å². The molecule has 7 nitrogen and oxygen atoms in total. The number of carbonyl (C=O) groups is 1.